The maximum Gasteiger partial charge on any atom is 0.293 e. The third-order valence-corrected chi connectivity index (χ3v) is 21.5. The van der Waals surface area contributed by atoms with Gasteiger partial charge in [-0.15, -0.1) is 18.9 Å². The minimum absolute atomic E-state index is 0.0447. The Morgan fingerprint density at radius 1 is 0.397 bits per heavy atom. The second-order valence-electron chi connectivity index (χ2n) is 47.4. The molecule has 1 aromatic rings. The lowest BCUT2D eigenvalue weighted by molar-refractivity contribution is -0.140. The number of hydrogen-bond donors (Lipinski definition) is 16. The number of alkyl halides is 2. The summed E-state index contributed by atoms with van der Waals surface area (Å²) >= 11 is 0. The highest BCUT2D eigenvalue weighted by Crippen LogP contribution is 2.37. The second-order valence-corrected chi connectivity index (χ2v) is 47.4. The van der Waals surface area contributed by atoms with E-state index in [1.54, 1.807) is 26.8 Å². The zero-order valence-electron chi connectivity index (χ0n) is 91.2. The maximum atomic E-state index is 12.4. The Kier molecular flexibility index (Phi) is 56.2. The van der Waals surface area contributed by atoms with Crippen LogP contribution in [0.3, 0.4) is 0 Å². The summed E-state index contributed by atoms with van der Waals surface area (Å²) in [6, 6.07) is 4.02. The molecule has 7 fully saturated rings. The fourth-order valence-electron chi connectivity index (χ4n) is 14.3. The number of hydrogen-bond acceptors (Lipinski definition) is 24. The highest BCUT2D eigenvalue weighted by Gasteiger charge is 2.42. The molecule has 7 aliphatic carbocycles. The summed E-state index contributed by atoms with van der Waals surface area (Å²) in [5.41, 5.74) is 4.95. The standard InChI is InChI=1S/C17H26N2O2.C14H24N2O2.C14H26N2O2.C14H22N2O2.C13H24N2O2.C12H20F2N2O2.C12H22N2O2.C11H20N2O2/c1-6-8-14(19-17(3,4)5)15(20)16(21)18-13-10-7-9-12(2)11-13;1-14(2,3)16-11(8-9-4-5-9)12(17)13(18)15-10-6-7-10;1-9(2)8-11(16-14(3,4)5)12(17)13(18)15-10-6-7-10;1-6-8-9-11(16-14(3,4)5)12(17)13(18)15-10-7-2;1-5-14-12(17)11(16)10(8-9-6-7-9)15-13(2,3)4;1-12(2,3)16-8(6-9(13)14)10(17)11(18)15-7-4-5-7;1-12(2,3)14-9(7-8-5-6-8)10(15)11(16)13-4;1-11(2,3)13-8(6-7-4-5-7)9(14)10(12)15/h7,9-11,14,19H,6,8H2,1-5H3,(H,18,21);9-11,16H,4-8H2,1-3H3,(H,15,18);9-11,16H,6-8H2,1-5H3,(H,15,18);1,7,11,16H,2,8-10H2,3-5H3,(H,15,18);9-10,15H,5-8H2,1-4H3,(H,14,17);7-9,16H,4-6H2,1-3H3,(H,15,18);8-9,14H,5-7H2,1-4H3,(H,13,16);7-8,13H,4-6H2,1-3H3,(H2,12,15)/t;;;;10-;;9-;8-/m....0.00/s1. The molecule has 0 aromatic heterocycles. The van der Waals surface area contributed by atoms with Crippen LogP contribution in [0.25, 0.3) is 0 Å². The molecule has 802 valence electrons. The number of likely N-dealkylation sites (N-methyl/N-ethyl adjacent to an activating group) is 2. The highest BCUT2D eigenvalue weighted by molar-refractivity contribution is 6.43. The topological polar surface area (TPSA) is 480 Å². The molecule has 17 N–H and O–H groups in total. The molecule has 0 radical (unpaired) electrons. The summed E-state index contributed by atoms with van der Waals surface area (Å²) in [5.74, 6) is -2.72. The zero-order valence-corrected chi connectivity index (χ0v) is 91.2. The first kappa shape index (κ1) is 130. The molecule has 8 rings (SSSR count). The fourth-order valence-corrected chi connectivity index (χ4v) is 14.3. The van der Waals surface area contributed by atoms with Crippen LogP contribution in [0.2, 0.25) is 0 Å². The molecule has 0 heterocycles. The molecule has 8 atom stereocenters. The van der Waals surface area contributed by atoms with Gasteiger partial charge in [-0.1, -0.05) is 96.8 Å². The number of nitrogens with one attached hydrogen (secondary N) is 15. The van der Waals surface area contributed by atoms with Gasteiger partial charge in [-0.3, -0.25) is 76.7 Å². The van der Waals surface area contributed by atoms with Crippen LogP contribution >= 0.6 is 0 Å². The van der Waals surface area contributed by atoms with Crippen molar-refractivity contribution in [3.05, 3.63) is 42.5 Å². The predicted octanol–water partition coefficient (Wildman–Crippen LogP) is 11.1. The molecule has 0 saturated heterocycles. The minimum atomic E-state index is -2.62. The molecule has 8 amide bonds. The van der Waals surface area contributed by atoms with Gasteiger partial charge in [-0.25, -0.2) is 8.78 Å². The second kappa shape index (κ2) is 60.8. The first-order valence-electron chi connectivity index (χ1n) is 51.0. The summed E-state index contributed by atoms with van der Waals surface area (Å²) in [7, 11) is 1.49. The number of carbonyl (C=O) groups excluding carboxylic acids is 16. The predicted molar refractivity (Wildman–Crippen MR) is 554 cm³/mol. The normalized spacial score (nSPS) is 16.9. The smallest absolute Gasteiger partial charge is 0.293 e. The molecule has 34 heteroatoms. The van der Waals surface area contributed by atoms with E-state index in [0.29, 0.717) is 67.5 Å². The van der Waals surface area contributed by atoms with Gasteiger partial charge in [0.2, 0.25) is 52.7 Å². The average Bonchev–Trinajstić information content (AvgIpc) is 1.68. The van der Waals surface area contributed by atoms with Crippen molar-refractivity contribution in [3.8, 4) is 12.3 Å². The van der Waals surface area contributed by atoms with Crippen molar-refractivity contribution < 1.29 is 85.5 Å². The van der Waals surface area contributed by atoms with Crippen LogP contribution in [0.1, 0.15) is 354 Å². The summed E-state index contributed by atoms with van der Waals surface area (Å²) in [6.07, 6.45) is 24.8. The number of Topliss-reactive ketones (excluding diaryl/α,β-unsaturated/α-hetero) is 8. The van der Waals surface area contributed by atoms with Crippen molar-refractivity contribution in [2.75, 3.05) is 25.5 Å². The molecule has 1 aromatic carbocycles. The highest BCUT2D eigenvalue weighted by atomic mass is 19.3. The van der Waals surface area contributed by atoms with E-state index >= 15 is 0 Å². The van der Waals surface area contributed by atoms with Gasteiger partial charge in [-0.2, -0.15) is 0 Å². The Morgan fingerprint density at radius 2 is 0.681 bits per heavy atom. The van der Waals surface area contributed by atoms with Crippen molar-refractivity contribution in [1.29, 1.82) is 0 Å². The van der Waals surface area contributed by atoms with E-state index in [2.05, 4.69) is 106 Å². The number of anilines is 1. The number of ketones is 8. The average molecular weight is 1990 g/mol. The Morgan fingerprint density at radius 3 is 0.957 bits per heavy atom. The van der Waals surface area contributed by atoms with Crippen molar-refractivity contribution in [2.45, 2.75) is 472 Å². The van der Waals surface area contributed by atoms with E-state index in [4.69, 9.17) is 12.2 Å². The van der Waals surface area contributed by atoms with Crippen LogP contribution < -0.4 is 85.5 Å². The Bertz CT molecular complexity index is 4110. The van der Waals surface area contributed by atoms with E-state index in [-0.39, 0.29) is 111 Å². The number of nitrogens with two attached hydrogens (primary N) is 1. The van der Waals surface area contributed by atoms with Crippen LogP contribution in [-0.4, -0.2) is 231 Å². The van der Waals surface area contributed by atoms with Crippen LogP contribution in [0.4, 0.5) is 14.5 Å². The van der Waals surface area contributed by atoms with Crippen LogP contribution in [0.5, 0.6) is 0 Å². The fraction of sp³-hybridized carbons (Fsp3) is 0.757. The number of terminal acetylenes is 1. The minimum Gasteiger partial charge on any atom is -0.363 e. The number of amides is 8. The van der Waals surface area contributed by atoms with Gasteiger partial charge in [0, 0.05) is 101 Å². The third kappa shape index (κ3) is 66.0. The molecule has 32 nitrogen and oxygen atoms in total. The van der Waals surface area contributed by atoms with Gasteiger partial charge >= 0.3 is 0 Å². The molecule has 7 aliphatic rings. The van der Waals surface area contributed by atoms with E-state index in [1.807, 2.05) is 184 Å². The Labute approximate surface area is 842 Å². The van der Waals surface area contributed by atoms with E-state index in [9.17, 15) is 85.5 Å². The number of rotatable bonds is 47. The van der Waals surface area contributed by atoms with Gasteiger partial charge in [-0.05, 0) is 311 Å². The lowest BCUT2D eigenvalue weighted by Gasteiger charge is -2.28. The first-order valence-corrected chi connectivity index (χ1v) is 51.0. The van der Waals surface area contributed by atoms with Gasteiger partial charge in [0.15, 0.2) is 0 Å². The lowest BCUT2D eigenvalue weighted by atomic mass is 9.96. The molecule has 141 heavy (non-hydrogen) atoms. The van der Waals surface area contributed by atoms with Crippen molar-refractivity contribution in [3.63, 3.8) is 0 Å². The molecule has 7 saturated carbocycles. The van der Waals surface area contributed by atoms with Gasteiger partial charge in [0.1, 0.15) is 0 Å². The molecule has 0 bridgehead atoms. The van der Waals surface area contributed by atoms with Gasteiger partial charge < -0.3 is 85.5 Å². The SMILES string of the molecule is C#CCCC(NC(C)(C)C)C(=O)C(=O)NCC=C.CC(C)(C)NC(CC(F)F)C(=O)C(=O)NC1CC1.CC(C)(C)NC(CC1CC1)C(=O)C(=O)NC1CC1.CC(C)(C)N[C@@H](CC1CC1)C(=O)C(N)=O.CC(C)CC(NC(C)(C)C)C(=O)C(=O)NC1CC1.CCCC(NC(C)(C)C)C(=O)C(=O)Nc1cccc(C)c1.CCNC(=O)C(=O)[C@H](CC1CC1)NC(C)(C)C.CNC(=O)C(=O)[C@H](CC1CC1)NC(C)(C)C. The molecular formula is C107H184F2N16O16. The van der Waals surface area contributed by atoms with Gasteiger partial charge in [0.05, 0.1) is 48.3 Å². The van der Waals surface area contributed by atoms with Crippen LogP contribution in [0, 0.1) is 48.9 Å². The lowest BCUT2D eigenvalue weighted by Crippen LogP contribution is -2.52. The van der Waals surface area contributed by atoms with Gasteiger partial charge in [0.25, 0.3) is 47.3 Å². The third-order valence-electron chi connectivity index (χ3n) is 21.5. The summed E-state index contributed by atoms with van der Waals surface area (Å²) in [6.45, 7) is 61.3. The molecule has 0 spiro atoms. The quantitative estimate of drug-likeness (QED) is 0.0164. The number of aryl methyl sites for hydroxylation is 1. The van der Waals surface area contributed by atoms with Crippen LogP contribution in [0.15, 0.2) is 36.9 Å². The number of benzene rings is 1. The Hall–Kier alpha value is -8.82. The molecule has 0 aliphatic heterocycles. The summed E-state index contributed by atoms with van der Waals surface area (Å²) in [5, 5.41) is 43.5. The van der Waals surface area contributed by atoms with Crippen molar-refractivity contribution in [2.24, 2.45) is 35.3 Å². The van der Waals surface area contributed by atoms with E-state index < -0.39 is 113 Å². The van der Waals surface area contributed by atoms with Crippen molar-refractivity contribution in [1.82, 2.24) is 74.4 Å². The largest absolute Gasteiger partial charge is 0.363 e. The maximum absolute atomic E-state index is 12.4. The zero-order chi connectivity index (χ0) is 108. The van der Waals surface area contributed by atoms with E-state index in [0.717, 1.165) is 89.0 Å². The number of primary amides is 1. The monoisotopic (exact) mass is 1990 g/mol. The molecular weight excluding hydrogens is 1800 g/mol. The Balaban J connectivity index is 0.000000807. The number of halogens is 2. The summed E-state index contributed by atoms with van der Waals surface area (Å²) in [4.78, 5) is 188. The first-order chi connectivity index (χ1) is 64.7. The molecule has 5 unspecified atom stereocenters. The van der Waals surface area contributed by atoms with Crippen molar-refractivity contribution >= 4 is 99.2 Å². The number of carbonyl (C=O) groups is 16. The summed E-state index contributed by atoms with van der Waals surface area (Å²) < 4.78 is 24.9. The van der Waals surface area contributed by atoms with E-state index in [1.165, 1.54) is 51.6 Å². The van der Waals surface area contributed by atoms with Crippen LogP contribution in [-0.2, 0) is 76.7 Å².